The Hall–Kier alpha value is -3.39. The van der Waals surface area contributed by atoms with Gasteiger partial charge in [-0.1, -0.05) is 74.5 Å². The molecule has 3 unspecified atom stereocenters. The fourth-order valence-electron chi connectivity index (χ4n) is 2.86. The van der Waals surface area contributed by atoms with Crippen LogP contribution in [-0.4, -0.2) is 41.3 Å². The molecular formula is C24H30N2O6. The Labute approximate surface area is 187 Å². The highest BCUT2D eigenvalue weighted by molar-refractivity contribution is 5.90. The lowest BCUT2D eigenvalue weighted by atomic mass is 10.0. The Bertz CT molecular complexity index is 871. The summed E-state index contributed by atoms with van der Waals surface area (Å²) in [6.45, 7) is 4.96. The quantitative estimate of drug-likeness (QED) is 0.487. The van der Waals surface area contributed by atoms with Crippen LogP contribution >= 0.6 is 0 Å². The monoisotopic (exact) mass is 442 g/mol. The first-order valence-corrected chi connectivity index (χ1v) is 10.4. The van der Waals surface area contributed by atoms with Gasteiger partial charge in [0.1, 0.15) is 25.3 Å². The first-order chi connectivity index (χ1) is 15.3. The molecule has 0 radical (unpaired) electrons. The third-order valence-corrected chi connectivity index (χ3v) is 4.69. The molecule has 2 aromatic carbocycles. The van der Waals surface area contributed by atoms with Crippen molar-refractivity contribution in [2.24, 2.45) is 5.92 Å². The number of rotatable bonds is 10. The maximum absolute atomic E-state index is 12.7. The fourth-order valence-corrected chi connectivity index (χ4v) is 2.86. The van der Waals surface area contributed by atoms with Crippen LogP contribution in [-0.2, 0) is 32.3 Å². The molecule has 0 aliphatic heterocycles. The molecule has 3 atom stereocenters. The molecule has 0 aromatic heterocycles. The van der Waals surface area contributed by atoms with Gasteiger partial charge in [-0.25, -0.2) is 9.59 Å². The summed E-state index contributed by atoms with van der Waals surface area (Å²) >= 11 is 0. The molecule has 0 heterocycles. The summed E-state index contributed by atoms with van der Waals surface area (Å²) in [6, 6.07) is 16.0. The van der Waals surface area contributed by atoms with E-state index in [0.717, 1.165) is 11.1 Å². The summed E-state index contributed by atoms with van der Waals surface area (Å²) in [6.07, 6.45) is -2.07. The second-order valence-electron chi connectivity index (χ2n) is 7.75. The van der Waals surface area contributed by atoms with Crippen molar-refractivity contribution < 1.29 is 29.0 Å². The number of nitrogens with one attached hydrogen (secondary N) is 2. The minimum atomic E-state index is -1.30. The number of alkyl carbamates (subject to hydrolysis) is 1. The molecule has 0 aliphatic carbocycles. The van der Waals surface area contributed by atoms with Crippen LogP contribution in [0.15, 0.2) is 60.7 Å². The number of benzene rings is 2. The van der Waals surface area contributed by atoms with E-state index in [1.165, 1.54) is 6.92 Å². The van der Waals surface area contributed by atoms with E-state index < -0.39 is 36.2 Å². The molecule has 0 aliphatic rings. The Morgan fingerprint density at radius 1 is 0.781 bits per heavy atom. The highest BCUT2D eigenvalue weighted by Gasteiger charge is 2.32. The zero-order valence-electron chi connectivity index (χ0n) is 18.5. The molecule has 3 N–H and O–H groups in total. The van der Waals surface area contributed by atoms with Gasteiger partial charge in [0.2, 0.25) is 5.91 Å². The van der Waals surface area contributed by atoms with E-state index in [-0.39, 0.29) is 19.1 Å². The van der Waals surface area contributed by atoms with E-state index in [4.69, 9.17) is 9.47 Å². The SMILES string of the molecule is CC(C)C(NC(=O)C(NC(=O)OCc1ccccc1)C(C)O)C(=O)OCc1ccccc1. The van der Waals surface area contributed by atoms with Crippen molar-refractivity contribution in [2.45, 2.75) is 52.2 Å². The van der Waals surface area contributed by atoms with Crippen LogP contribution < -0.4 is 10.6 Å². The van der Waals surface area contributed by atoms with Crippen molar-refractivity contribution in [2.75, 3.05) is 0 Å². The molecule has 2 amide bonds. The van der Waals surface area contributed by atoms with Crippen LogP contribution in [0.25, 0.3) is 0 Å². The van der Waals surface area contributed by atoms with Crippen LogP contribution in [0, 0.1) is 5.92 Å². The molecular weight excluding hydrogens is 412 g/mol. The zero-order valence-corrected chi connectivity index (χ0v) is 18.5. The van der Waals surface area contributed by atoms with Crippen LogP contribution in [0.4, 0.5) is 4.79 Å². The van der Waals surface area contributed by atoms with Gasteiger partial charge in [-0.05, 0) is 24.0 Å². The summed E-state index contributed by atoms with van der Waals surface area (Å²) in [4.78, 5) is 37.4. The second kappa shape index (κ2) is 12.5. The average molecular weight is 443 g/mol. The van der Waals surface area contributed by atoms with Crippen LogP contribution in [0.1, 0.15) is 31.9 Å². The fraction of sp³-hybridized carbons (Fsp3) is 0.375. The van der Waals surface area contributed by atoms with E-state index >= 15 is 0 Å². The van der Waals surface area contributed by atoms with E-state index in [2.05, 4.69) is 10.6 Å². The largest absolute Gasteiger partial charge is 0.459 e. The van der Waals surface area contributed by atoms with E-state index in [1.807, 2.05) is 48.5 Å². The lowest BCUT2D eigenvalue weighted by Crippen LogP contribution is -2.57. The summed E-state index contributed by atoms with van der Waals surface area (Å²) in [5, 5.41) is 14.9. The van der Waals surface area contributed by atoms with Crippen molar-refractivity contribution in [3.8, 4) is 0 Å². The number of aliphatic hydroxyl groups excluding tert-OH is 1. The number of aliphatic hydroxyl groups is 1. The topological polar surface area (TPSA) is 114 Å². The van der Waals surface area contributed by atoms with E-state index in [0.29, 0.717) is 0 Å². The summed E-state index contributed by atoms with van der Waals surface area (Å²) in [5.41, 5.74) is 1.60. The Morgan fingerprint density at radius 3 is 1.75 bits per heavy atom. The predicted molar refractivity (Wildman–Crippen MR) is 118 cm³/mol. The Morgan fingerprint density at radius 2 is 1.28 bits per heavy atom. The van der Waals surface area contributed by atoms with Crippen LogP contribution in [0.2, 0.25) is 0 Å². The molecule has 172 valence electrons. The summed E-state index contributed by atoms with van der Waals surface area (Å²) < 4.78 is 10.4. The number of carbonyl (C=O) groups is 3. The van der Waals surface area contributed by atoms with Crippen molar-refractivity contribution >= 4 is 18.0 Å². The molecule has 2 rings (SSSR count). The average Bonchev–Trinajstić information content (AvgIpc) is 2.78. The normalized spacial score (nSPS) is 13.5. The molecule has 8 heteroatoms. The maximum Gasteiger partial charge on any atom is 0.408 e. The smallest absolute Gasteiger partial charge is 0.408 e. The minimum Gasteiger partial charge on any atom is -0.459 e. The minimum absolute atomic E-state index is 0.0151. The predicted octanol–water partition coefficient (Wildman–Crippen LogP) is 2.55. The number of carbonyl (C=O) groups excluding carboxylic acids is 3. The summed E-state index contributed by atoms with van der Waals surface area (Å²) in [7, 11) is 0. The first-order valence-electron chi connectivity index (χ1n) is 10.4. The van der Waals surface area contributed by atoms with Gasteiger partial charge >= 0.3 is 12.1 Å². The molecule has 32 heavy (non-hydrogen) atoms. The number of amides is 2. The maximum atomic E-state index is 12.7. The van der Waals surface area contributed by atoms with Gasteiger partial charge in [0.05, 0.1) is 6.10 Å². The Kier molecular flexibility index (Phi) is 9.69. The standard InChI is InChI=1S/C24H30N2O6/c1-16(2)20(23(29)31-14-18-10-6-4-7-11-18)25-22(28)21(17(3)27)26-24(30)32-15-19-12-8-5-9-13-19/h4-13,16-17,20-21,27H,14-15H2,1-3H3,(H,25,28)(H,26,30). The van der Waals surface area contributed by atoms with Crippen molar-refractivity contribution in [1.29, 1.82) is 0 Å². The molecule has 0 saturated heterocycles. The highest BCUT2D eigenvalue weighted by atomic mass is 16.5. The van der Waals surface area contributed by atoms with E-state index in [1.54, 1.807) is 26.0 Å². The third kappa shape index (κ3) is 8.03. The van der Waals surface area contributed by atoms with Gasteiger partial charge in [0.15, 0.2) is 0 Å². The van der Waals surface area contributed by atoms with Crippen LogP contribution in [0.5, 0.6) is 0 Å². The lowest BCUT2D eigenvalue weighted by molar-refractivity contribution is -0.151. The second-order valence-corrected chi connectivity index (χ2v) is 7.75. The van der Waals surface area contributed by atoms with Crippen molar-refractivity contribution in [3.63, 3.8) is 0 Å². The zero-order chi connectivity index (χ0) is 23.5. The van der Waals surface area contributed by atoms with Gasteiger partial charge in [-0.3, -0.25) is 4.79 Å². The van der Waals surface area contributed by atoms with Crippen molar-refractivity contribution in [1.82, 2.24) is 10.6 Å². The van der Waals surface area contributed by atoms with Gasteiger partial charge < -0.3 is 25.2 Å². The molecule has 0 fully saturated rings. The number of esters is 1. The molecule has 0 bridgehead atoms. The van der Waals surface area contributed by atoms with Gasteiger partial charge in [0, 0.05) is 0 Å². The number of hydrogen-bond acceptors (Lipinski definition) is 6. The first kappa shape index (κ1) is 24.9. The third-order valence-electron chi connectivity index (χ3n) is 4.69. The number of ether oxygens (including phenoxy) is 2. The van der Waals surface area contributed by atoms with Gasteiger partial charge in [-0.2, -0.15) is 0 Å². The van der Waals surface area contributed by atoms with Crippen molar-refractivity contribution in [3.05, 3.63) is 71.8 Å². The number of hydrogen-bond donors (Lipinski definition) is 3. The highest BCUT2D eigenvalue weighted by Crippen LogP contribution is 2.09. The molecule has 0 spiro atoms. The Balaban J connectivity index is 1.94. The molecule has 0 saturated carbocycles. The molecule has 2 aromatic rings. The lowest BCUT2D eigenvalue weighted by Gasteiger charge is -2.25. The van der Waals surface area contributed by atoms with Gasteiger partial charge in [-0.15, -0.1) is 0 Å². The van der Waals surface area contributed by atoms with E-state index in [9.17, 15) is 19.5 Å². The van der Waals surface area contributed by atoms with Crippen LogP contribution in [0.3, 0.4) is 0 Å². The summed E-state index contributed by atoms with van der Waals surface area (Å²) in [5.74, 6) is -1.60. The van der Waals surface area contributed by atoms with Gasteiger partial charge in [0.25, 0.3) is 0 Å². The molecule has 8 nitrogen and oxygen atoms in total.